The number of amidine groups is 1. The molecule has 0 unspecified atom stereocenters. The number of carbonyl (C=O) groups excluding carboxylic acids is 2. The van der Waals surface area contributed by atoms with Gasteiger partial charge in [-0.25, -0.2) is 8.42 Å². The van der Waals surface area contributed by atoms with Crippen LogP contribution in [0.25, 0.3) is 11.1 Å². The van der Waals surface area contributed by atoms with Crippen molar-refractivity contribution in [1.29, 1.82) is 0 Å². The van der Waals surface area contributed by atoms with Gasteiger partial charge in [0.1, 0.15) is 18.3 Å². The SMILES string of the molecule is CCOCc1cc(CN2C(=O)CCCN(C(=O)C3CCCC3)C/N=C\2CCC(F)(F)F)ccc1-c1ccccc1S(=O)(=O)Nc1noc(C)c1C. The number of halogens is 3. The Morgan fingerprint density at radius 2 is 1.82 bits per heavy atom. The predicted molar refractivity (Wildman–Crippen MR) is 185 cm³/mol. The van der Waals surface area contributed by atoms with Crippen LogP contribution in [0.1, 0.15) is 80.7 Å². The highest BCUT2D eigenvalue weighted by Gasteiger charge is 2.32. The third-order valence-electron chi connectivity index (χ3n) is 9.33. The van der Waals surface area contributed by atoms with Gasteiger partial charge >= 0.3 is 6.18 Å². The second kappa shape index (κ2) is 16.4. The van der Waals surface area contributed by atoms with Gasteiger partial charge in [0.25, 0.3) is 10.0 Å². The predicted octanol–water partition coefficient (Wildman–Crippen LogP) is 7.14. The highest BCUT2D eigenvalue weighted by atomic mass is 32.2. The summed E-state index contributed by atoms with van der Waals surface area (Å²) in [6.45, 7) is 5.76. The minimum absolute atomic E-state index is 0.0102. The fourth-order valence-electron chi connectivity index (χ4n) is 6.42. The zero-order valence-electron chi connectivity index (χ0n) is 29.1. The third kappa shape index (κ3) is 9.56. The van der Waals surface area contributed by atoms with E-state index in [4.69, 9.17) is 9.26 Å². The summed E-state index contributed by atoms with van der Waals surface area (Å²) in [4.78, 5) is 34.2. The van der Waals surface area contributed by atoms with Gasteiger partial charge in [-0.15, -0.1) is 0 Å². The van der Waals surface area contributed by atoms with Crippen molar-refractivity contribution in [2.24, 2.45) is 10.9 Å². The van der Waals surface area contributed by atoms with Gasteiger partial charge in [-0.1, -0.05) is 54.4 Å². The number of nitrogens with zero attached hydrogens (tertiary/aromatic N) is 4. The van der Waals surface area contributed by atoms with E-state index in [1.165, 1.54) is 11.0 Å². The van der Waals surface area contributed by atoms with Gasteiger partial charge in [0.15, 0.2) is 5.82 Å². The number of ether oxygens (including phenoxy) is 1. The van der Waals surface area contributed by atoms with E-state index in [1.807, 2.05) is 6.92 Å². The van der Waals surface area contributed by atoms with Crippen LogP contribution >= 0.6 is 0 Å². The molecule has 2 aromatic carbocycles. The van der Waals surface area contributed by atoms with Crippen LogP contribution in [0, 0.1) is 19.8 Å². The first-order valence-corrected chi connectivity index (χ1v) is 18.7. The molecule has 0 spiro atoms. The van der Waals surface area contributed by atoms with E-state index >= 15 is 0 Å². The summed E-state index contributed by atoms with van der Waals surface area (Å²) in [6, 6.07) is 11.7. The molecule has 1 N–H and O–H groups in total. The van der Waals surface area contributed by atoms with E-state index in [0.717, 1.165) is 25.7 Å². The molecule has 1 fully saturated rings. The van der Waals surface area contributed by atoms with Crippen LogP contribution < -0.4 is 4.72 Å². The van der Waals surface area contributed by atoms with Crippen molar-refractivity contribution in [3.05, 3.63) is 64.9 Å². The number of rotatable bonds is 12. The second-order valence-electron chi connectivity index (χ2n) is 12.9. The number of aryl methyl sites for hydroxylation is 1. The number of hydrogen-bond donors (Lipinski definition) is 1. The Morgan fingerprint density at radius 1 is 1.08 bits per heavy atom. The maximum atomic E-state index is 13.7. The zero-order valence-corrected chi connectivity index (χ0v) is 29.9. The van der Waals surface area contributed by atoms with Gasteiger partial charge in [0, 0.05) is 43.0 Å². The number of alkyl halides is 3. The summed E-state index contributed by atoms with van der Waals surface area (Å²) < 4.78 is 81.2. The Hall–Kier alpha value is -4.24. The van der Waals surface area contributed by atoms with Crippen LogP contribution in [0.4, 0.5) is 19.0 Å². The van der Waals surface area contributed by atoms with E-state index in [2.05, 4.69) is 14.9 Å². The lowest BCUT2D eigenvalue weighted by Crippen LogP contribution is -2.38. The molecule has 5 rings (SSSR count). The molecule has 0 bridgehead atoms. The average Bonchev–Trinajstić information content (AvgIpc) is 3.76. The largest absolute Gasteiger partial charge is 0.389 e. The highest BCUT2D eigenvalue weighted by Crippen LogP contribution is 2.34. The Balaban J connectivity index is 1.48. The quantitative estimate of drug-likeness (QED) is 0.209. The number of amides is 2. The van der Waals surface area contributed by atoms with Crippen LogP contribution in [0.3, 0.4) is 0 Å². The van der Waals surface area contributed by atoms with Crippen molar-refractivity contribution in [3.63, 3.8) is 0 Å². The molecule has 1 aliphatic carbocycles. The van der Waals surface area contributed by atoms with Crippen molar-refractivity contribution >= 4 is 33.5 Å². The number of anilines is 1. The molecule has 276 valence electrons. The van der Waals surface area contributed by atoms with E-state index in [9.17, 15) is 31.2 Å². The first-order chi connectivity index (χ1) is 24.3. The van der Waals surface area contributed by atoms with Crippen LogP contribution in [-0.2, 0) is 37.5 Å². The molecule has 15 heteroatoms. The van der Waals surface area contributed by atoms with Crippen molar-refractivity contribution in [2.75, 3.05) is 24.5 Å². The standard InChI is InChI=1S/C36H44F3N5O6S/c1-4-49-22-28-20-26(15-16-29(28)30-12-7-8-13-31(30)51(47,48)42-34-24(2)25(3)50-41-34)21-44-32(17-18-36(37,38)39)40-23-43(19-9-14-33(44)45)35(46)27-10-5-6-11-27/h7-8,12-13,15-16,20,27H,4-6,9-11,14,17-19,21-23H2,1-3H3,(H,41,42)/b40-32-. The maximum Gasteiger partial charge on any atom is 0.389 e. The molecule has 1 aromatic heterocycles. The van der Waals surface area contributed by atoms with Crippen molar-refractivity contribution in [1.82, 2.24) is 15.0 Å². The molecule has 51 heavy (non-hydrogen) atoms. The zero-order chi connectivity index (χ0) is 36.8. The van der Waals surface area contributed by atoms with Crippen LogP contribution in [0.5, 0.6) is 0 Å². The lowest BCUT2D eigenvalue weighted by atomic mass is 9.97. The van der Waals surface area contributed by atoms with Crippen LogP contribution in [0.2, 0.25) is 0 Å². The summed E-state index contributed by atoms with van der Waals surface area (Å²) in [7, 11) is -4.13. The van der Waals surface area contributed by atoms with Crippen LogP contribution in [-0.4, -0.2) is 67.0 Å². The van der Waals surface area contributed by atoms with E-state index in [1.54, 1.807) is 55.1 Å². The Morgan fingerprint density at radius 3 is 2.51 bits per heavy atom. The molecule has 11 nitrogen and oxygen atoms in total. The number of benzene rings is 2. The summed E-state index contributed by atoms with van der Waals surface area (Å²) in [5, 5.41) is 3.83. The minimum Gasteiger partial charge on any atom is -0.377 e. The smallest absolute Gasteiger partial charge is 0.377 e. The van der Waals surface area contributed by atoms with E-state index in [0.29, 0.717) is 53.1 Å². The molecular formula is C36H44F3N5O6S. The van der Waals surface area contributed by atoms with Gasteiger partial charge in [0.2, 0.25) is 11.8 Å². The van der Waals surface area contributed by atoms with Crippen molar-refractivity contribution in [2.45, 2.75) is 96.4 Å². The number of aliphatic imine (C=N–C) groups is 1. The molecule has 2 aliphatic rings. The summed E-state index contributed by atoms with van der Waals surface area (Å²) in [5.74, 6) is -0.0456. The Kier molecular flexibility index (Phi) is 12.2. The topological polar surface area (TPSA) is 134 Å². The lowest BCUT2D eigenvalue weighted by molar-refractivity contribution is -0.135. The van der Waals surface area contributed by atoms with Gasteiger partial charge < -0.3 is 14.2 Å². The highest BCUT2D eigenvalue weighted by molar-refractivity contribution is 7.92. The van der Waals surface area contributed by atoms with Gasteiger partial charge in [-0.3, -0.25) is 24.2 Å². The van der Waals surface area contributed by atoms with Gasteiger partial charge in [0.05, 0.1) is 24.5 Å². The fraction of sp³-hybridized carbons (Fsp3) is 0.500. The fourth-order valence-corrected chi connectivity index (χ4v) is 7.70. The first-order valence-electron chi connectivity index (χ1n) is 17.2. The first kappa shape index (κ1) is 38.0. The van der Waals surface area contributed by atoms with Crippen LogP contribution in [0.15, 0.2) is 56.9 Å². The van der Waals surface area contributed by atoms with E-state index in [-0.39, 0.29) is 60.5 Å². The molecule has 0 radical (unpaired) electrons. The molecular weight excluding hydrogens is 687 g/mol. The average molecular weight is 732 g/mol. The third-order valence-corrected chi connectivity index (χ3v) is 10.7. The van der Waals surface area contributed by atoms with Crippen molar-refractivity contribution < 1.29 is 40.4 Å². The number of hydrogen-bond acceptors (Lipinski definition) is 8. The molecule has 1 aliphatic heterocycles. The monoisotopic (exact) mass is 731 g/mol. The number of sulfonamides is 1. The second-order valence-corrected chi connectivity index (χ2v) is 14.6. The van der Waals surface area contributed by atoms with Gasteiger partial charge in [-0.05, 0) is 62.8 Å². The Labute approximate surface area is 296 Å². The number of carbonyl (C=O) groups is 2. The number of aromatic nitrogens is 1. The van der Waals surface area contributed by atoms with Gasteiger partial charge in [-0.2, -0.15) is 13.2 Å². The molecule has 2 amide bonds. The summed E-state index contributed by atoms with van der Waals surface area (Å²) in [5.41, 5.74) is 2.71. The molecule has 0 atom stereocenters. The molecule has 3 aromatic rings. The minimum atomic E-state index is -4.48. The molecule has 1 saturated carbocycles. The summed E-state index contributed by atoms with van der Waals surface area (Å²) >= 11 is 0. The van der Waals surface area contributed by atoms with E-state index < -0.39 is 29.0 Å². The maximum absolute atomic E-state index is 13.7. The normalized spacial score (nSPS) is 17.5. The molecule has 2 heterocycles. The molecule has 0 saturated heterocycles. The van der Waals surface area contributed by atoms with Crippen molar-refractivity contribution in [3.8, 4) is 11.1 Å². The lowest BCUT2D eigenvalue weighted by Gasteiger charge is -2.26. The Bertz CT molecular complexity index is 1850. The summed E-state index contributed by atoms with van der Waals surface area (Å²) in [6.07, 6.45) is -2.31. The number of nitrogens with one attached hydrogen (secondary N) is 1.